The van der Waals surface area contributed by atoms with Crippen LogP contribution in [0, 0.1) is 17.8 Å². The van der Waals surface area contributed by atoms with Crippen LogP contribution in [0.15, 0.2) is 0 Å². The molecule has 0 bridgehead atoms. The summed E-state index contributed by atoms with van der Waals surface area (Å²) in [5.41, 5.74) is 0. The Kier molecular flexibility index (Phi) is 5.34. The zero-order chi connectivity index (χ0) is 16.3. The Balaban J connectivity index is 1.86. The van der Waals surface area contributed by atoms with Gasteiger partial charge in [-0.3, -0.25) is 9.59 Å². The van der Waals surface area contributed by atoms with Crippen LogP contribution in [0.4, 0.5) is 13.2 Å². The Hall–Kier alpha value is -1.27. The molecule has 1 saturated carbocycles. The normalized spacial score (nSPS) is 27.7. The third kappa shape index (κ3) is 4.36. The maximum Gasteiger partial charge on any atom is 0.391 e. The first-order valence-electron chi connectivity index (χ1n) is 7.84. The maximum absolute atomic E-state index is 12.8. The van der Waals surface area contributed by atoms with E-state index in [0.717, 1.165) is 0 Å². The van der Waals surface area contributed by atoms with Crippen LogP contribution < -0.4 is 0 Å². The molecule has 1 N–H and O–H groups in total. The van der Waals surface area contributed by atoms with E-state index in [1.807, 2.05) is 0 Å². The van der Waals surface area contributed by atoms with Crippen molar-refractivity contribution in [3.8, 4) is 0 Å². The van der Waals surface area contributed by atoms with Gasteiger partial charge in [0, 0.05) is 25.4 Å². The summed E-state index contributed by atoms with van der Waals surface area (Å²) in [5, 5.41) is 8.76. The van der Waals surface area contributed by atoms with Crippen LogP contribution in [0.3, 0.4) is 0 Å². The van der Waals surface area contributed by atoms with E-state index in [4.69, 9.17) is 5.11 Å². The average Bonchev–Trinajstić information content (AvgIpc) is 2.46. The fourth-order valence-electron chi connectivity index (χ4n) is 3.57. The summed E-state index contributed by atoms with van der Waals surface area (Å²) in [4.78, 5) is 24.7. The fraction of sp³-hybridized carbons (Fsp3) is 0.867. The van der Waals surface area contributed by atoms with Crippen LogP contribution in [-0.4, -0.2) is 41.1 Å². The lowest BCUT2D eigenvalue weighted by atomic mass is 9.80. The van der Waals surface area contributed by atoms with Crippen LogP contribution in [0.25, 0.3) is 0 Å². The molecule has 0 aromatic rings. The molecule has 1 aliphatic heterocycles. The molecule has 1 saturated heterocycles. The zero-order valence-electron chi connectivity index (χ0n) is 12.4. The van der Waals surface area contributed by atoms with E-state index >= 15 is 0 Å². The number of nitrogens with zero attached hydrogens (tertiary/aromatic N) is 1. The number of piperidine rings is 1. The van der Waals surface area contributed by atoms with Gasteiger partial charge >= 0.3 is 12.1 Å². The molecule has 22 heavy (non-hydrogen) atoms. The molecule has 1 amide bonds. The molecule has 126 valence electrons. The standard InChI is InChI=1S/C15H22F3NO3/c16-15(17,18)12-3-1-2-11(9-12)14(22)19-6-4-10(5-7-19)8-13(20)21/h10-12H,1-9H2,(H,20,21). The summed E-state index contributed by atoms with van der Waals surface area (Å²) in [6.07, 6.45) is -1.89. The van der Waals surface area contributed by atoms with E-state index in [0.29, 0.717) is 38.8 Å². The Morgan fingerprint density at radius 3 is 2.27 bits per heavy atom. The number of hydrogen-bond donors (Lipinski definition) is 1. The van der Waals surface area contributed by atoms with Crippen molar-refractivity contribution in [2.75, 3.05) is 13.1 Å². The van der Waals surface area contributed by atoms with Crippen molar-refractivity contribution in [1.82, 2.24) is 4.90 Å². The van der Waals surface area contributed by atoms with Crippen LogP contribution in [-0.2, 0) is 9.59 Å². The van der Waals surface area contributed by atoms with Crippen LogP contribution in [0.1, 0.15) is 44.9 Å². The Bertz CT molecular complexity index is 417. The number of carboxylic acid groups (broad SMARTS) is 1. The van der Waals surface area contributed by atoms with Crippen LogP contribution >= 0.6 is 0 Å². The number of carbonyl (C=O) groups excluding carboxylic acids is 1. The second kappa shape index (κ2) is 6.87. The largest absolute Gasteiger partial charge is 0.481 e. The molecule has 0 aromatic heterocycles. The highest BCUT2D eigenvalue weighted by molar-refractivity contribution is 5.79. The Morgan fingerprint density at radius 2 is 1.73 bits per heavy atom. The number of likely N-dealkylation sites (tertiary alicyclic amines) is 1. The van der Waals surface area contributed by atoms with Crippen molar-refractivity contribution in [2.24, 2.45) is 17.8 Å². The predicted molar refractivity (Wildman–Crippen MR) is 73.1 cm³/mol. The lowest BCUT2D eigenvalue weighted by Crippen LogP contribution is -2.44. The summed E-state index contributed by atoms with van der Waals surface area (Å²) in [6, 6.07) is 0. The monoisotopic (exact) mass is 321 g/mol. The number of rotatable bonds is 3. The van der Waals surface area contributed by atoms with Crippen molar-refractivity contribution in [1.29, 1.82) is 0 Å². The molecule has 0 radical (unpaired) electrons. The molecular weight excluding hydrogens is 299 g/mol. The van der Waals surface area contributed by atoms with E-state index < -0.39 is 24.0 Å². The molecule has 2 aliphatic rings. The van der Waals surface area contributed by atoms with Gasteiger partial charge in [-0.15, -0.1) is 0 Å². The minimum Gasteiger partial charge on any atom is -0.481 e. The molecule has 2 unspecified atom stereocenters. The molecule has 2 rings (SSSR count). The molecule has 1 heterocycles. The topological polar surface area (TPSA) is 57.6 Å². The molecule has 0 spiro atoms. The van der Waals surface area contributed by atoms with E-state index in [-0.39, 0.29) is 31.1 Å². The summed E-state index contributed by atoms with van der Waals surface area (Å²) < 4.78 is 38.4. The highest BCUT2D eigenvalue weighted by atomic mass is 19.4. The van der Waals surface area contributed by atoms with Crippen LogP contribution in [0.2, 0.25) is 0 Å². The van der Waals surface area contributed by atoms with Crippen molar-refractivity contribution >= 4 is 11.9 Å². The van der Waals surface area contributed by atoms with E-state index in [1.54, 1.807) is 4.90 Å². The van der Waals surface area contributed by atoms with Crippen molar-refractivity contribution in [3.63, 3.8) is 0 Å². The zero-order valence-corrected chi connectivity index (χ0v) is 12.4. The summed E-state index contributed by atoms with van der Waals surface area (Å²) in [6.45, 7) is 0.925. The number of amides is 1. The first-order chi connectivity index (χ1) is 10.3. The smallest absolute Gasteiger partial charge is 0.391 e. The lowest BCUT2D eigenvalue weighted by Gasteiger charge is -2.36. The number of alkyl halides is 3. The highest BCUT2D eigenvalue weighted by Gasteiger charge is 2.44. The minimum atomic E-state index is -4.21. The molecule has 0 aromatic carbocycles. The minimum absolute atomic E-state index is 0.0656. The van der Waals surface area contributed by atoms with Gasteiger partial charge in [-0.25, -0.2) is 0 Å². The van der Waals surface area contributed by atoms with Crippen molar-refractivity contribution in [3.05, 3.63) is 0 Å². The third-order valence-electron chi connectivity index (χ3n) is 4.88. The quantitative estimate of drug-likeness (QED) is 0.869. The molecular formula is C15H22F3NO3. The van der Waals surface area contributed by atoms with Gasteiger partial charge in [0.25, 0.3) is 0 Å². The summed E-state index contributed by atoms with van der Waals surface area (Å²) in [5.74, 6) is -2.85. The van der Waals surface area contributed by atoms with Gasteiger partial charge in [0.1, 0.15) is 0 Å². The first kappa shape index (κ1) is 17.1. The first-order valence-corrected chi connectivity index (χ1v) is 7.84. The van der Waals surface area contributed by atoms with Gasteiger partial charge in [0.15, 0.2) is 0 Å². The molecule has 2 fully saturated rings. The molecule has 1 aliphatic carbocycles. The SMILES string of the molecule is O=C(O)CC1CCN(C(=O)C2CCCC(C(F)(F)F)C2)CC1. The van der Waals surface area contributed by atoms with E-state index in [1.165, 1.54) is 0 Å². The van der Waals surface area contributed by atoms with Crippen molar-refractivity contribution in [2.45, 2.75) is 51.1 Å². The molecule has 4 nitrogen and oxygen atoms in total. The number of halogens is 3. The number of carbonyl (C=O) groups is 2. The Morgan fingerprint density at radius 1 is 1.09 bits per heavy atom. The third-order valence-corrected chi connectivity index (χ3v) is 4.88. The second-order valence-corrected chi connectivity index (χ2v) is 6.47. The Labute approximate surface area is 127 Å². The van der Waals surface area contributed by atoms with Gasteiger partial charge < -0.3 is 10.0 Å². The number of aliphatic carboxylic acids is 1. The maximum atomic E-state index is 12.8. The average molecular weight is 321 g/mol. The van der Waals surface area contributed by atoms with Crippen molar-refractivity contribution < 1.29 is 27.9 Å². The molecule has 7 heteroatoms. The summed E-state index contributed by atoms with van der Waals surface area (Å²) >= 11 is 0. The number of hydrogen-bond acceptors (Lipinski definition) is 2. The van der Waals surface area contributed by atoms with Gasteiger partial charge in [0.05, 0.1) is 5.92 Å². The van der Waals surface area contributed by atoms with Gasteiger partial charge in [-0.2, -0.15) is 13.2 Å². The van der Waals surface area contributed by atoms with Gasteiger partial charge in [-0.05, 0) is 38.0 Å². The van der Waals surface area contributed by atoms with Gasteiger partial charge in [0.2, 0.25) is 5.91 Å². The van der Waals surface area contributed by atoms with E-state index in [2.05, 4.69) is 0 Å². The van der Waals surface area contributed by atoms with E-state index in [9.17, 15) is 22.8 Å². The number of carboxylic acids is 1. The highest BCUT2D eigenvalue weighted by Crippen LogP contribution is 2.40. The summed E-state index contributed by atoms with van der Waals surface area (Å²) in [7, 11) is 0. The lowest BCUT2D eigenvalue weighted by molar-refractivity contribution is -0.187. The predicted octanol–water partition coefficient (Wildman–Crippen LogP) is 3.07. The fourth-order valence-corrected chi connectivity index (χ4v) is 3.57. The van der Waals surface area contributed by atoms with Crippen LogP contribution in [0.5, 0.6) is 0 Å². The van der Waals surface area contributed by atoms with Gasteiger partial charge in [-0.1, -0.05) is 6.42 Å². The molecule has 2 atom stereocenters. The second-order valence-electron chi connectivity index (χ2n) is 6.47.